The van der Waals surface area contributed by atoms with Gasteiger partial charge in [0.2, 0.25) is 0 Å². The van der Waals surface area contributed by atoms with Crippen molar-refractivity contribution in [1.29, 1.82) is 0 Å². The molecule has 130 valence electrons. The monoisotopic (exact) mass is 334 g/mol. The predicted molar refractivity (Wildman–Crippen MR) is 86.5 cm³/mol. The topological polar surface area (TPSA) is 83.3 Å². The number of urea groups is 1. The maximum atomic E-state index is 12.9. The second-order valence-electron chi connectivity index (χ2n) is 6.66. The summed E-state index contributed by atoms with van der Waals surface area (Å²) in [4.78, 5) is 27.7. The molecule has 1 atom stereocenters. The number of imide groups is 1. The molecule has 2 heterocycles. The number of nitrogens with zero attached hydrogens (tertiary/aromatic N) is 1. The summed E-state index contributed by atoms with van der Waals surface area (Å²) in [5.41, 5.74) is -0.382. The number of aliphatic hydroxyl groups excluding tert-OH is 1. The van der Waals surface area contributed by atoms with Crippen molar-refractivity contribution in [1.82, 2.24) is 10.2 Å². The third-order valence-electron chi connectivity index (χ3n) is 4.97. The molecule has 1 aromatic carbocycles. The number of quaternary nitrogens is 1. The van der Waals surface area contributed by atoms with Crippen molar-refractivity contribution >= 4 is 11.9 Å². The van der Waals surface area contributed by atoms with E-state index in [1.807, 2.05) is 6.07 Å². The van der Waals surface area contributed by atoms with Gasteiger partial charge in [-0.2, -0.15) is 0 Å². The minimum Gasteiger partial charge on any atom is -0.497 e. The van der Waals surface area contributed by atoms with Gasteiger partial charge in [-0.15, -0.1) is 0 Å². The lowest BCUT2D eigenvalue weighted by molar-refractivity contribution is -0.913. The van der Waals surface area contributed by atoms with Crippen LogP contribution in [0.5, 0.6) is 5.75 Å². The molecule has 7 nitrogen and oxygen atoms in total. The number of benzene rings is 1. The van der Waals surface area contributed by atoms with E-state index in [-0.39, 0.29) is 18.0 Å². The van der Waals surface area contributed by atoms with Gasteiger partial charge in [-0.3, -0.25) is 4.79 Å². The summed E-state index contributed by atoms with van der Waals surface area (Å²) in [6.07, 6.45) is 1.14. The lowest BCUT2D eigenvalue weighted by Crippen LogP contribution is -3.14. The van der Waals surface area contributed by atoms with Crippen molar-refractivity contribution in [2.45, 2.75) is 31.4 Å². The molecule has 2 aliphatic heterocycles. The Balaban J connectivity index is 1.77. The highest BCUT2D eigenvalue weighted by atomic mass is 16.5. The van der Waals surface area contributed by atoms with E-state index in [1.165, 1.54) is 4.90 Å². The fraction of sp³-hybridized carbons (Fsp3) is 0.529. The van der Waals surface area contributed by atoms with E-state index in [0.717, 1.165) is 18.0 Å². The van der Waals surface area contributed by atoms with Gasteiger partial charge >= 0.3 is 6.03 Å². The van der Waals surface area contributed by atoms with Crippen molar-refractivity contribution in [3.8, 4) is 5.75 Å². The van der Waals surface area contributed by atoms with Crippen LogP contribution in [0, 0.1) is 0 Å². The molecule has 0 saturated carbocycles. The van der Waals surface area contributed by atoms with E-state index in [9.17, 15) is 14.7 Å². The molecule has 3 N–H and O–H groups in total. The normalized spacial score (nSPS) is 30.4. The first kappa shape index (κ1) is 16.7. The minimum atomic E-state index is -1.08. The molecule has 7 heteroatoms. The van der Waals surface area contributed by atoms with Crippen molar-refractivity contribution in [3.05, 3.63) is 29.8 Å². The van der Waals surface area contributed by atoms with Gasteiger partial charge in [-0.25, -0.2) is 9.69 Å². The first-order chi connectivity index (χ1) is 11.4. The van der Waals surface area contributed by atoms with Crippen molar-refractivity contribution < 1.29 is 24.3 Å². The zero-order chi connectivity index (χ0) is 17.3. The number of nitrogens with one attached hydrogen (secondary N) is 2. The van der Waals surface area contributed by atoms with Crippen LogP contribution in [0.25, 0.3) is 0 Å². The maximum Gasteiger partial charge on any atom is 0.329 e. The van der Waals surface area contributed by atoms with E-state index in [0.29, 0.717) is 30.8 Å². The molecule has 1 aromatic rings. The van der Waals surface area contributed by atoms with Crippen LogP contribution in [-0.4, -0.2) is 54.9 Å². The second-order valence-corrected chi connectivity index (χ2v) is 6.66. The lowest BCUT2D eigenvalue weighted by atomic mass is 9.92. The molecule has 2 fully saturated rings. The molecule has 2 aliphatic rings. The maximum absolute atomic E-state index is 12.9. The van der Waals surface area contributed by atoms with Gasteiger partial charge in [0.1, 0.15) is 11.3 Å². The van der Waals surface area contributed by atoms with Crippen LogP contribution in [0.3, 0.4) is 0 Å². The Hall–Kier alpha value is -2.12. The smallest absolute Gasteiger partial charge is 0.329 e. The Morgan fingerprint density at radius 1 is 1.38 bits per heavy atom. The van der Waals surface area contributed by atoms with Crippen LogP contribution in [0.15, 0.2) is 24.3 Å². The summed E-state index contributed by atoms with van der Waals surface area (Å²) in [5.74, 6) is 0.393. The first-order valence-corrected chi connectivity index (χ1v) is 8.24. The largest absolute Gasteiger partial charge is 0.497 e. The summed E-state index contributed by atoms with van der Waals surface area (Å²) in [7, 11) is 1.57. The molecular weight excluding hydrogens is 310 g/mol. The number of hydrogen-bond donors (Lipinski definition) is 3. The number of carbonyl (C=O) groups is 2. The molecule has 3 amide bonds. The molecule has 0 bridgehead atoms. The standard InChI is InChI=1S/C17H23N3O4/c1-17(12-4-3-5-14(10-12)24-2)15(22)20(16(23)18-17)11-19-8-6-13(21)7-9-19/h3-5,10,13,21H,6-9,11H2,1-2H3,(H,18,23)/p+1/t17-/m1/s1. The number of piperidine rings is 1. The molecule has 2 saturated heterocycles. The summed E-state index contributed by atoms with van der Waals surface area (Å²) in [6.45, 7) is 3.57. The number of carbonyl (C=O) groups excluding carboxylic acids is 2. The quantitative estimate of drug-likeness (QED) is 0.646. The van der Waals surface area contributed by atoms with Gasteiger partial charge in [-0.1, -0.05) is 12.1 Å². The number of aliphatic hydroxyl groups is 1. The predicted octanol–water partition coefficient (Wildman–Crippen LogP) is -0.541. The van der Waals surface area contributed by atoms with Gasteiger partial charge in [-0.05, 0) is 24.6 Å². The minimum absolute atomic E-state index is 0.251. The van der Waals surface area contributed by atoms with Crippen LogP contribution >= 0.6 is 0 Å². The number of methoxy groups -OCH3 is 1. The zero-order valence-corrected chi connectivity index (χ0v) is 14.0. The van der Waals surface area contributed by atoms with Gasteiger partial charge in [0, 0.05) is 12.8 Å². The highest BCUT2D eigenvalue weighted by Gasteiger charge is 2.50. The third-order valence-corrected chi connectivity index (χ3v) is 4.97. The summed E-state index contributed by atoms with van der Waals surface area (Å²) in [6, 6.07) is 6.82. The number of likely N-dealkylation sites (tertiary alicyclic amines) is 1. The van der Waals surface area contributed by atoms with Gasteiger partial charge in [0.25, 0.3) is 5.91 Å². The van der Waals surface area contributed by atoms with Gasteiger partial charge < -0.3 is 20.1 Å². The molecule has 24 heavy (non-hydrogen) atoms. The van der Waals surface area contributed by atoms with Gasteiger partial charge in [0.05, 0.1) is 26.3 Å². The Morgan fingerprint density at radius 2 is 2.08 bits per heavy atom. The van der Waals surface area contributed by atoms with E-state index < -0.39 is 5.54 Å². The van der Waals surface area contributed by atoms with Crippen LogP contribution in [0.1, 0.15) is 25.3 Å². The average molecular weight is 334 g/mol. The number of hydrogen-bond acceptors (Lipinski definition) is 4. The van der Waals surface area contributed by atoms with Crippen LogP contribution in [-0.2, 0) is 10.3 Å². The summed E-state index contributed by atoms with van der Waals surface area (Å²) in [5, 5.41) is 12.4. The number of ether oxygens (including phenoxy) is 1. The van der Waals surface area contributed by atoms with Gasteiger partial charge in [0.15, 0.2) is 6.67 Å². The fourth-order valence-corrected chi connectivity index (χ4v) is 3.36. The Labute approximate surface area is 141 Å². The molecule has 0 aromatic heterocycles. The van der Waals surface area contributed by atoms with Crippen LogP contribution in [0.2, 0.25) is 0 Å². The van der Waals surface area contributed by atoms with Crippen LogP contribution in [0.4, 0.5) is 4.79 Å². The van der Waals surface area contributed by atoms with Crippen molar-refractivity contribution in [2.24, 2.45) is 0 Å². The zero-order valence-electron chi connectivity index (χ0n) is 14.0. The summed E-state index contributed by atoms with van der Waals surface area (Å²) < 4.78 is 5.21. The van der Waals surface area contributed by atoms with E-state index >= 15 is 0 Å². The molecule has 0 aliphatic carbocycles. The molecule has 0 unspecified atom stereocenters. The number of rotatable bonds is 4. The Morgan fingerprint density at radius 3 is 2.75 bits per heavy atom. The number of amides is 3. The van der Waals surface area contributed by atoms with Crippen LogP contribution < -0.4 is 15.0 Å². The highest BCUT2D eigenvalue weighted by molar-refractivity contribution is 6.07. The lowest BCUT2D eigenvalue weighted by Gasteiger charge is -2.29. The van der Waals surface area contributed by atoms with E-state index in [4.69, 9.17) is 4.74 Å². The Kier molecular flexibility index (Phi) is 4.47. The second kappa shape index (κ2) is 6.41. The Bertz CT molecular complexity index is 642. The molecule has 3 rings (SSSR count). The highest BCUT2D eigenvalue weighted by Crippen LogP contribution is 2.30. The fourth-order valence-electron chi connectivity index (χ4n) is 3.36. The molecule has 0 spiro atoms. The molecular formula is C17H24N3O4+. The van der Waals surface area contributed by atoms with Crippen molar-refractivity contribution in [3.63, 3.8) is 0 Å². The van der Waals surface area contributed by atoms with Crippen molar-refractivity contribution in [2.75, 3.05) is 26.9 Å². The third kappa shape index (κ3) is 2.97. The molecule has 0 radical (unpaired) electrons. The van der Waals surface area contributed by atoms with E-state index in [2.05, 4.69) is 5.32 Å². The summed E-state index contributed by atoms with van der Waals surface area (Å²) >= 11 is 0. The average Bonchev–Trinajstić information content (AvgIpc) is 2.81. The SMILES string of the molecule is COc1cccc([C@@]2(C)NC(=O)N(C[NH+]3CCC(O)CC3)C2=O)c1. The first-order valence-electron chi connectivity index (χ1n) is 8.24. The van der Waals surface area contributed by atoms with E-state index in [1.54, 1.807) is 32.2 Å².